The average Bonchev–Trinajstić information content (AvgIpc) is 2.49. The molecule has 2 N–H and O–H groups in total. The molecule has 0 bridgehead atoms. The van der Waals surface area contributed by atoms with Crippen LogP contribution in [0.2, 0.25) is 0 Å². The predicted molar refractivity (Wildman–Crippen MR) is 51.3 cm³/mol. The monoisotopic (exact) mass is 239 g/mol. The van der Waals surface area contributed by atoms with Crippen LogP contribution in [0.5, 0.6) is 0 Å². The maximum atomic E-state index is 5.71. The van der Waals surface area contributed by atoms with Gasteiger partial charge in [-0.1, -0.05) is 0 Å². The number of nitrogen functional groups attached to an aromatic ring is 1. The first-order chi connectivity index (χ1) is 6.29. The number of aromatic nitrogens is 4. The lowest BCUT2D eigenvalue weighted by Crippen LogP contribution is -2.05. The molecule has 0 aliphatic rings. The van der Waals surface area contributed by atoms with Crippen LogP contribution in [-0.2, 0) is 0 Å². The van der Waals surface area contributed by atoms with Crippen molar-refractivity contribution < 1.29 is 0 Å². The zero-order chi connectivity index (χ0) is 9.26. The highest BCUT2D eigenvalue weighted by molar-refractivity contribution is 9.10. The van der Waals surface area contributed by atoms with Gasteiger partial charge in [0.15, 0.2) is 0 Å². The third kappa shape index (κ3) is 1.40. The first-order valence-electron chi connectivity index (χ1n) is 3.55. The van der Waals surface area contributed by atoms with Crippen molar-refractivity contribution in [1.29, 1.82) is 0 Å². The van der Waals surface area contributed by atoms with Gasteiger partial charge in [-0.05, 0) is 22.0 Å². The van der Waals surface area contributed by atoms with Crippen molar-refractivity contribution in [2.45, 2.75) is 0 Å². The van der Waals surface area contributed by atoms with Crippen molar-refractivity contribution in [3.05, 3.63) is 29.1 Å². The van der Waals surface area contributed by atoms with Crippen molar-refractivity contribution in [3.63, 3.8) is 0 Å². The minimum Gasteiger partial charge on any atom is -0.383 e. The van der Waals surface area contributed by atoms with E-state index in [-0.39, 0.29) is 0 Å². The summed E-state index contributed by atoms with van der Waals surface area (Å²) >= 11 is 3.25. The Bertz CT molecular complexity index is 410. The quantitative estimate of drug-likeness (QED) is 0.807. The van der Waals surface area contributed by atoms with Crippen LogP contribution >= 0.6 is 15.9 Å². The zero-order valence-electron chi connectivity index (χ0n) is 6.55. The summed E-state index contributed by atoms with van der Waals surface area (Å²) in [6, 6.07) is 1.73. The molecule has 2 heterocycles. The SMILES string of the molecule is Nc1c(Br)cnn1-c1ncccn1. The van der Waals surface area contributed by atoms with E-state index in [4.69, 9.17) is 5.73 Å². The van der Waals surface area contributed by atoms with Crippen LogP contribution < -0.4 is 5.73 Å². The minimum atomic E-state index is 0.464. The molecule has 0 fully saturated rings. The van der Waals surface area contributed by atoms with Crippen LogP contribution in [0.25, 0.3) is 5.95 Å². The number of nitrogens with two attached hydrogens (primary N) is 1. The van der Waals surface area contributed by atoms with Crippen molar-refractivity contribution in [2.75, 3.05) is 5.73 Å². The number of hydrogen-bond donors (Lipinski definition) is 1. The standard InChI is InChI=1S/C7H6BrN5/c8-5-4-12-13(6(5)9)7-10-2-1-3-11-7/h1-4H,9H2. The highest BCUT2D eigenvalue weighted by atomic mass is 79.9. The second kappa shape index (κ2) is 3.14. The summed E-state index contributed by atoms with van der Waals surface area (Å²) in [7, 11) is 0. The van der Waals surface area contributed by atoms with Gasteiger partial charge in [-0.15, -0.1) is 0 Å². The summed E-state index contributed by atoms with van der Waals surface area (Å²) in [6.07, 6.45) is 4.88. The Morgan fingerprint density at radius 3 is 2.54 bits per heavy atom. The highest BCUT2D eigenvalue weighted by Gasteiger charge is 2.07. The Balaban J connectivity index is 2.53. The Kier molecular flexibility index (Phi) is 1.97. The minimum absolute atomic E-state index is 0.464. The fourth-order valence-corrected chi connectivity index (χ4v) is 1.16. The van der Waals surface area contributed by atoms with Gasteiger partial charge in [0.2, 0.25) is 0 Å². The fourth-order valence-electron chi connectivity index (χ4n) is 0.898. The molecule has 0 radical (unpaired) electrons. The molecule has 0 aliphatic carbocycles. The smallest absolute Gasteiger partial charge is 0.252 e. The number of hydrogen-bond acceptors (Lipinski definition) is 4. The maximum absolute atomic E-state index is 5.71. The summed E-state index contributed by atoms with van der Waals surface area (Å²) in [5, 5.41) is 4.01. The summed E-state index contributed by atoms with van der Waals surface area (Å²) in [5.41, 5.74) is 5.71. The molecule has 0 spiro atoms. The van der Waals surface area contributed by atoms with E-state index in [1.807, 2.05) is 0 Å². The van der Waals surface area contributed by atoms with Gasteiger partial charge in [-0.2, -0.15) is 9.78 Å². The van der Waals surface area contributed by atoms with Crippen LogP contribution in [0.1, 0.15) is 0 Å². The molecule has 0 aromatic carbocycles. The second-order valence-electron chi connectivity index (χ2n) is 2.34. The summed E-state index contributed by atoms with van der Waals surface area (Å²) in [5.74, 6) is 0.955. The van der Waals surface area contributed by atoms with E-state index in [1.165, 1.54) is 4.68 Å². The molecular formula is C7H6BrN5. The molecule has 2 aromatic heterocycles. The summed E-state index contributed by atoms with van der Waals surface area (Å²) < 4.78 is 2.20. The van der Waals surface area contributed by atoms with E-state index in [0.717, 1.165) is 4.47 Å². The molecule has 0 unspecified atom stereocenters. The van der Waals surface area contributed by atoms with Crippen LogP contribution in [0.4, 0.5) is 5.82 Å². The summed E-state index contributed by atoms with van der Waals surface area (Å²) in [4.78, 5) is 8.02. The number of halogens is 1. The van der Waals surface area contributed by atoms with E-state index < -0.39 is 0 Å². The van der Waals surface area contributed by atoms with Gasteiger partial charge >= 0.3 is 0 Å². The molecule has 13 heavy (non-hydrogen) atoms. The van der Waals surface area contributed by atoms with E-state index in [0.29, 0.717) is 11.8 Å². The molecule has 66 valence electrons. The first kappa shape index (κ1) is 8.18. The van der Waals surface area contributed by atoms with E-state index in [9.17, 15) is 0 Å². The van der Waals surface area contributed by atoms with E-state index in [1.54, 1.807) is 24.7 Å². The lowest BCUT2D eigenvalue weighted by molar-refractivity contribution is 0.817. The van der Waals surface area contributed by atoms with E-state index in [2.05, 4.69) is 31.0 Å². The van der Waals surface area contributed by atoms with Gasteiger partial charge in [0.25, 0.3) is 5.95 Å². The van der Waals surface area contributed by atoms with Crippen molar-refractivity contribution in [3.8, 4) is 5.95 Å². The molecule has 0 saturated carbocycles. The Labute approximate surface area is 82.7 Å². The van der Waals surface area contributed by atoms with Gasteiger partial charge in [0.1, 0.15) is 5.82 Å². The molecule has 2 aromatic rings. The Hall–Kier alpha value is -1.43. The Morgan fingerprint density at radius 2 is 2.00 bits per heavy atom. The Morgan fingerprint density at radius 1 is 1.31 bits per heavy atom. The molecule has 0 atom stereocenters. The third-order valence-electron chi connectivity index (χ3n) is 1.50. The van der Waals surface area contributed by atoms with Crippen molar-refractivity contribution in [2.24, 2.45) is 0 Å². The van der Waals surface area contributed by atoms with Gasteiger partial charge in [0.05, 0.1) is 10.7 Å². The molecule has 0 saturated heterocycles. The number of nitrogens with zero attached hydrogens (tertiary/aromatic N) is 4. The van der Waals surface area contributed by atoms with E-state index >= 15 is 0 Å². The average molecular weight is 240 g/mol. The van der Waals surface area contributed by atoms with Crippen LogP contribution in [0.3, 0.4) is 0 Å². The van der Waals surface area contributed by atoms with Gasteiger partial charge in [-0.25, -0.2) is 9.97 Å². The number of anilines is 1. The lowest BCUT2D eigenvalue weighted by Gasteiger charge is -1.99. The molecule has 2 rings (SSSR count). The number of rotatable bonds is 1. The van der Waals surface area contributed by atoms with Crippen LogP contribution in [0.15, 0.2) is 29.1 Å². The van der Waals surface area contributed by atoms with Gasteiger partial charge in [0, 0.05) is 12.4 Å². The van der Waals surface area contributed by atoms with Gasteiger partial charge in [-0.3, -0.25) is 0 Å². The largest absolute Gasteiger partial charge is 0.383 e. The first-order valence-corrected chi connectivity index (χ1v) is 4.35. The van der Waals surface area contributed by atoms with Crippen molar-refractivity contribution >= 4 is 21.7 Å². The van der Waals surface area contributed by atoms with Crippen molar-refractivity contribution in [1.82, 2.24) is 19.7 Å². The highest BCUT2D eigenvalue weighted by Crippen LogP contribution is 2.19. The normalized spacial score (nSPS) is 10.2. The van der Waals surface area contributed by atoms with Gasteiger partial charge < -0.3 is 5.73 Å². The molecule has 5 nitrogen and oxygen atoms in total. The zero-order valence-corrected chi connectivity index (χ0v) is 8.14. The topological polar surface area (TPSA) is 69.6 Å². The predicted octanol–water partition coefficient (Wildman–Crippen LogP) is 1.01. The lowest BCUT2D eigenvalue weighted by atomic mass is 10.6. The fraction of sp³-hybridized carbons (Fsp3) is 0. The second-order valence-corrected chi connectivity index (χ2v) is 3.19. The third-order valence-corrected chi connectivity index (χ3v) is 2.11. The molecular weight excluding hydrogens is 234 g/mol. The van der Waals surface area contributed by atoms with Crippen LogP contribution in [-0.4, -0.2) is 19.7 Å². The molecule has 0 amide bonds. The molecule has 6 heteroatoms. The molecule has 0 aliphatic heterocycles. The summed E-state index contributed by atoms with van der Waals surface area (Å²) in [6.45, 7) is 0. The van der Waals surface area contributed by atoms with Crippen LogP contribution in [0, 0.1) is 0 Å². The maximum Gasteiger partial charge on any atom is 0.252 e.